The van der Waals surface area contributed by atoms with Gasteiger partial charge in [-0.25, -0.2) is 0 Å². The van der Waals surface area contributed by atoms with Gasteiger partial charge in [0.05, 0.1) is 19.1 Å². The van der Waals surface area contributed by atoms with Crippen LogP contribution >= 0.6 is 0 Å². The molecule has 0 bridgehead atoms. The van der Waals surface area contributed by atoms with Gasteiger partial charge in [0.1, 0.15) is 5.75 Å². The van der Waals surface area contributed by atoms with E-state index >= 15 is 0 Å². The first-order chi connectivity index (χ1) is 11.8. The number of benzene rings is 2. The van der Waals surface area contributed by atoms with Crippen LogP contribution in [0.25, 0.3) is 0 Å². The van der Waals surface area contributed by atoms with Crippen molar-refractivity contribution in [2.75, 3.05) is 13.2 Å². The topological polar surface area (TPSA) is 35.5 Å². The lowest BCUT2D eigenvalue weighted by molar-refractivity contribution is -0.141. The number of esters is 1. The Morgan fingerprint density at radius 1 is 0.875 bits per heavy atom. The maximum absolute atomic E-state index is 12.7. The Morgan fingerprint density at radius 3 is 2.50 bits per heavy atom. The number of para-hydroxylation sites is 1. The molecule has 2 aromatic rings. The van der Waals surface area contributed by atoms with Gasteiger partial charge in [-0.05, 0) is 29.2 Å². The molecule has 0 radical (unpaired) electrons. The molecule has 0 fully saturated rings. The number of rotatable bonds is 1. The van der Waals surface area contributed by atoms with Gasteiger partial charge in [-0.2, -0.15) is 0 Å². The third-order valence-electron chi connectivity index (χ3n) is 5.58. The molecule has 1 aliphatic carbocycles. The molecule has 0 amide bonds. The van der Waals surface area contributed by atoms with Crippen molar-refractivity contribution in [3.05, 3.63) is 76.9 Å². The van der Waals surface area contributed by atoms with Crippen LogP contribution in [-0.4, -0.2) is 19.2 Å². The Hall–Kier alpha value is -2.39. The largest absolute Gasteiger partial charge is 0.426 e. The summed E-state index contributed by atoms with van der Waals surface area (Å²) in [4.78, 5) is 12.7. The summed E-state index contributed by atoms with van der Waals surface area (Å²) >= 11 is 0. The van der Waals surface area contributed by atoms with Crippen molar-refractivity contribution in [3.8, 4) is 5.75 Å². The maximum Gasteiger partial charge on any atom is 0.315 e. The molecule has 0 N–H and O–H groups in total. The summed E-state index contributed by atoms with van der Waals surface area (Å²) in [5.74, 6) is 0.854. The van der Waals surface area contributed by atoms with E-state index in [1.54, 1.807) is 0 Å². The predicted octanol–water partition coefficient (Wildman–Crippen LogP) is 3.82. The fourth-order valence-electron chi connectivity index (χ4n) is 4.52. The van der Waals surface area contributed by atoms with Crippen molar-refractivity contribution in [3.63, 3.8) is 0 Å². The van der Waals surface area contributed by atoms with Crippen molar-refractivity contribution in [1.82, 2.24) is 0 Å². The SMILES string of the molecule is O=C1Oc2ccccc2[C@@H]2C3=C(COC3)[C@H](c3ccccc3)C[C@H]12. The number of carbonyl (C=O) groups is 1. The minimum absolute atomic E-state index is 0.0990. The highest BCUT2D eigenvalue weighted by Gasteiger charge is 2.47. The Labute approximate surface area is 140 Å². The van der Waals surface area contributed by atoms with Crippen LogP contribution in [0.2, 0.25) is 0 Å². The van der Waals surface area contributed by atoms with Crippen LogP contribution in [0.3, 0.4) is 0 Å². The Bertz CT molecular complexity index is 837. The van der Waals surface area contributed by atoms with Crippen molar-refractivity contribution < 1.29 is 14.3 Å². The summed E-state index contributed by atoms with van der Waals surface area (Å²) in [6, 6.07) is 18.4. The van der Waals surface area contributed by atoms with Crippen LogP contribution in [0.4, 0.5) is 0 Å². The number of ether oxygens (including phenoxy) is 2. The Kier molecular flexibility index (Phi) is 3.10. The van der Waals surface area contributed by atoms with E-state index in [0.717, 1.165) is 12.0 Å². The third kappa shape index (κ3) is 1.98. The molecular weight excluding hydrogens is 300 g/mol. The number of fused-ring (bicyclic) bond motifs is 4. The molecule has 3 heteroatoms. The molecule has 0 unspecified atom stereocenters. The molecule has 2 aliphatic heterocycles. The van der Waals surface area contributed by atoms with Crippen LogP contribution in [0.15, 0.2) is 65.7 Å². The molecule has 0 aromatic heterocycles. The highest BCUT2D eigenvalue weighted by Crippen LogP contribution is 2.53. The van der Waals surface area contributed by atoms with E-state index < -0.39 is 0 Å². The van der Waals surface area contributed by atoms with Gasteiger partial charge < -0.3 is 9.47 Å². The fourth-order valence-corrected chi connectivity index (χ4v) is 4.52. The van der Waals surface area contributed by atoms with E-state index in [0.29, 0.717) is 19.0 Å². The van der Waals surface area contributed by atoms with Crippen molar-refractivity contribution in [2.24, 2.45) is 5.92 Å². The molecule has 0 spiro atoms. The zero-order valence-corrected chi connectivity index (χ0v) is 13.3. The first kappa shape index (κ1) is 14.0. The van der Waals surface area contributed by atoms with Crippen molar-refractivity contribution >= 4 is 5.97 Å². The maximum atomic E-state index is 12.7. The molecule has 120 valence electrons. The number of hydrogen-bond donors (Lipinski definition) is 0. The van der Waals surface area contributed by atoms with Crippen molar-refractivity contribution in [1.29, 1.82) is 0 Å². The average Bonchev–Trinajstić information content (AvgIpc) is 3.11. The summed E-state index contributed by atoms with van der Waals surface area (Å²) in [6.45, 7) is 1.30. The van der Waals surface area contributed by atoms with Gasteiger partial charge in [0, 0.05) is 17.4 Å². The lowest BCUT2D eigenvalue weighted by Crippen LogP contribution is -2.37. The van der Waals surface area contributed by atoms with Crippen molar-refractivity contribution in [2.45, 2.75) is 18.3 Å². The smallest absolute Gasteiger partial charge is 0.315 e. The number of carbonyl (C=O) groups excluding carboxylic acids is 1. The van der Waals surface area contributed by atoms with Gasteiger partial charge in [-0.3, -0.25) is 4.79 Å². The molecule has 2 heterocycles. The monoisotopic (exact) mass is 318 g/mol. The van der Waals surface area contributed by atoms with Crippen LogP contribution in [0, 0.1) is 5.92 Å². The van der Waals surface area contributed by atoms with Gasteiger partial charge in [-0.1, -0.05) is 48.5 Å². The first-order valence-electron chi connectivity index (χ1n) is 8.48. The van der Waals surface area contributed by atoms with Gasteiger partial charge in [0.2, 0.25) is 0 Å². The highest BCUT2D eigenvalue weighted by molar-refractivity contribution is 5.81. The zero-order valence-electron chi connectivity index (χ0n) is 13.3. The summed E-state index contributed by atoms with van der Waals surface area (Å²) in [6.07, 6.45) is 0.796. The summed E-state index contributed by atoms with van der Waals surface area (Å²) in [5, 5.41) is 0. The summed E-state index contributed by atoms with van der Waals surface area (Å²) in [5.41, 5.74) is 5.06. The molecule has 24 heavy (non-hydrogen) atoms. The van der Waals surface area contributed by atoms with Gasteiger partial charge >= 0.3 is 5.97 Å². The second kappa shape index (κ2) is 5.32. The van der Waals surface area contributed by atoms with E-state index in [1.807, 2.05) is 24.3 Å². The standard InChI is InChI=1S/C21H18O3/c22-21-16-10-15(13-6-2-1-3-7-13)17-11-23-12-18(17)20(16)14-8-4-5-9-19(14)24-21/h1-9,15-16,20H,10-12H2/t15-,16-,20-/m0/s1. The fraction of sp³-hybridized carbons (Fsp3) is 0.286. The van der Waals surface area contributed by atoms with E-state index in [-0.39, 0.29) is 23.7 Å². The minimum Gasteiger partial charge on any atom is -0.426 e. The van der Waals surface area contributed by atoms with Crippen LogP contribution in [0.1, 0.15) is 29.4 Å². The summed E-state index contributed by atoms with van der Waals surface area (Å²) in [7, 11) is 0. The van der Waals surface area contributed by atoms with Crippen LogP contribution < -0.4 is 4.74 Å². The van der Waals surface area contributed by atoms with Gasteiger partial charge in [0.15, 0.2) is 0 Å². The van der Waals surface area contributed by atoms with Gasteiger partial charge in [0.25, 0.3) is 0 Å². The van der Waals surface area contributed by atoms with Gasteiger partial charge in [-0.15, -0.1) is 0 Å². The number of hydrogen-bond acceptors (Lipinski definition) is 3. The quantitative estimate of drug-likeness (QED) is 0.455. The predicted molar refractivity (Wildman–Crippen MR) is 90.0 cm³/mol. The first-order valence-corrected chi connectivity index (χ1v) is 8.48. The van der Waals surface area contributed by atoms with E-state index in [1.165, 1.54) is 16.7 Å². The van der Waals surface area contributed by atoms with Crippen LogP contribution in [0.5, 0.6) is 5.75 Å². The molecule has 3 atom stereocenters. The lowest BCUT2D eigenvalue weighted by Gasteiger charge is -2.39. The highest BCUT2D eigenvalue weighted by atomic mass is 16.5. The van der Waals surface area contributed by atoms with Crippen LogP contribution in [-0.2, 0) is 9.53 Å². The molecule has 2 aromatic carbocycles. The second-order valence-electron chi connectivity index (χ2n) is 6.79. The average molecular weight is 318 g/mol. The normalized spacial score (nSPS) is 28.0. The minimum atomic E-state index is -0.120. The molecule has 0 saturated heterocycles. The molecule has 3 aliphatic rings. The van der Waals surface area contributed by atoms with E-state index in [9.17, 15) is 4.79 Å². The second-order valence-corrected chi connectivity index (χ2v) is 6.79. The molecule has 3 nitrogen and oxygen atoms in total. The van der Waals surface area contributed by atoms with E-state index in [4.69, 9.17) is 9.47 Å². The summed E-state index contributed by atoms with van der Waals surface area (Å²) < 4.78 is 11.4. The molecular formula is C21H18O3. The molecule has 5 rings (SSSR count). The van der Waals surface area contributed by atoms with E-state index in [2.05, 4.69) is 30.3 Å². The zero-order chi connectivity index (χ0) is 16.1. The lowest BCUT2D eigenvalue weighted by atomic mass is 9.66. The Balaban J connectivity index is 1.67. The Morgan fingerprint density at radius 2 is 1.62 bits per heavy atom. The third-order valence-corrected chi connectivity index (χ3v) is 5.58. The molecule has 0 saturated carbocycles.